The zero-order chi connectivity index (χ0) is 18.9. The summed E-state index contributed by atoms with van der Waals surface area (Å²) in [7, 11) is -5.43. The molecule has 1 aliphatic rings. The predicted octanol–water partition coefficient (Wildman–Crippen LogP) is 2.28. The number of halogens is 3. The molecule has 10 heteroatoms. The lowest BCUT2D eigenvalue weighted by Crippen LogP contribution is -2.46. The predicted molar refractivity (Wildman–Crippen MR) is 88.8 cm³/mol. The largest absolute Gasteiger partial charge is 0.511 e. The Kier molecular flexibility index (Phi) is 4.89. The van der Waals surface area contributed by atoms with Gasteiger partial charge in [-0.25, -0.2) is 13.1 Å². The number of hydrogen-bond donors (Lipinski definition) is 1. The number of sulfonamides is 1. The molecule has 1 atom stereocenters. The van der Waals surface area contributed by atoms with Gasteiger partial charge >= 0.3 is 15.5 Å². The van der Waals surface area contributed by atoms with Crippen molar-refractivity contribution in [3.8, 4) is 0 Å². The van der Waals surface area contributed by atoms with Crippen LogP contribution in [-0.2, 0) is 10.0 Å². The number of carbonyl (C=O) groups excluding carboxylic acids is 1. The number of carbonyl (C=O) groups is 1. The molecule has 1 fully saturated rings. The highest BCUT2D eigenvalue weighted by Gasteiger charge is 2.46. The van der Waals surface area contributed by atoms with Crippen molar-refractivity contribution in [1.82, 2.24) is 14.6 Å². The third kappa shape index (κ3) is 3.51. The molecule has 0 saturated carbocycles. The van der Waals surface area contributed by atoms with Gasteiger partial charge in [-0.05, 0) is 25.0 Å². The van der Waals surface area contributed by atoms with Crippen molar-refractivity contribution in [2.75, 3.05) is 13.1 Å². The molecule has 26 heavy (non-hydrogen) atoms. The Morgan fingerprint density at radius 3 is 2.73 bits per heavy atom. The molecule has 1 aliphatic heterocycles. The van der Waals surface area contributed by atoms with E-state index in [1.54, 1.807) is 35.1 Å². The Balaban J connectivity index is 1.81. The Hall–Kier alpha value is -2.20. The molecule has 1 amide bonds. The molecule has 0 aliphatic carbocycles. The summed E-state index contributed by atoms with van der Waals surface area (Å²) in [5.74, 6) is -0.350. The van der Waals surface area contributed by atoms with Gasteiger partial charge in [-0.1, -0.05) is 18.2 Å². The quantitative estimate of drug-likeness (QED) is 0.873. The van der Waals surface area contributed by atoms with Crippen LogP contribution in [0.3, 0.4) is 0 Å². The number of pyridine rings is 1. The topological polar surface area (TPSA) is 79.4 Å². The first-order chi connectivity index (χ1) is 12.2. The average Bonchev–Trinajstić information content (AvgIpc) is 3.06. The van der Waals surface area contributed by atoms with E-state index in [2.05, 4.69) is 4.98 Å². The first-order valence-corrected chi connectivity index (χ1v) is 9.40. The molecular formula is C16H16F3N3O3S. The summed E-state index contributed by atoms with van der Waals surface area (Å²) in [6.45, 7) is -0.121. The minimum absolute atomic E-state index is 0.350. The molecule has 6 nitrogen and oxygen atoms in total. The molecule has 2 heterocycles. The van der Waals surface area contributed by atoms with Crippen molar-refractivity contribution in [1.29, 1.82) is 0 Å². The first kappa shape index (κ1) is 18.6. The van der Waals surface area contributed by atoms with Crippen molar-refractivity contribution in [2.24, 2.45) is 0 Å². The highest BCUT2D eigenvalue weighted by atomic mass is 32.2. The van der Waals surface area contributed by atoms with Gasteiger partial charge in [0, 0.05) is 30.7 Å². The van der Waals surface area contributed by atoms with E-state index >= 15 is 0 Å². The summed E-state index contributed by atoms with van der Waals surface area (Å²) in [5, 5.41) is 0.640. The number of alkyl halides is 3. The Morgan fingerprint density at radius 2 is 2.00 bits per heavy atom. The second-order valence-electron chi connectivity index (χ2n) is 5.97. The summed E-state index contributed by atoms with van der Waals surface area (Å²) >= 11 is 0. The van der Waals surface area contributed by atoms with E-state index in [0.29, 0.717) is 35.9 Å². The van der Waals surface area contributed by atoms with Crippen LogP contribution in [0.4, 0.5) is 13.2 Å². The highest BCUT2D eigenvalue weighted by Crippen LogP contribution is 2.25. The van der Waals surface area contributed by atoms with Crippen LogP contribution in [0.5, 0.6) is 0 Å². The summed E-state index contributed by atoms with van der Waals surface area (Å²) in [4.78, 5) is 18.5. The van der Waals surface area contributed by atoms with Crippen molar-refractivity contribution in [3.05, 3.63) is 42.1 Å². The molecule has 1 aromatic heterocycles. The minimum Gasteiger partial charge on any atom is -0.334 e. The van der Waals surface area contributed by atoms with Crippen molar-refractivity contribution in [3.63, 3.8) is 0 Å². The number of hydrogen-bond acceptors (Lipinski definition) is 4. The number of aromatic nitrogens is 1. The molecular weight excluding hydrogens is 371 g/mol. The number of nitrogens with zero attached hydrogens (tertiary/aromatic N) is 2. The van der Waals surface area contributed by atoms with Gasteiger partial charge in [0.1, 0.15) is 0 Å². The van der Waals surface area contributed by atoms with Gasteiger partial charge in [-0.15, -0.1) is 0 Å². The van der Waals surface area contributed by atoms with Crippen LogP contribution >= 0.6 is 0 Å². The van der Waals surface area contributed by atoms with Crippen molar-refractivity contribution < 1.29 is 26.4 Å². The number of fused-ring (bicyclic) bond motifs is 1. The fourth-order valence-electron chi connectivity index (χ4n) is 3.04. The van der Waals surface area contributed by atoms with Crippen molar-refractivity contribution in [2.45, 2.75) is 24.4 Å². The molecule has 1 unspecified atom stereocenters. The second kappa shape index (κ2) is 6.84. The SMILES string of the molecule is O=C(c1ccnc2ccccc12)N1CCCC1CNS(=O)(=O)C(F)(F)F. The molecule has 140 valence electrons. The average molecular weight is 387 g/mol. The van der Waals surface area contributed by atoms with E-state index in [-0.39, 0.29) is 5.91 Å². The van der Waals surface area contributed by atoms with Gasteiger partial charge in [0.05, 0.1) is 11.1 Å². The molecule has 0 spiro atoms. The van der Waals surface area contributed by atoms with Crippen molar-refractivity contribution >= 4 is 26.8 Å². The fourth-order valence-corrected chi connectivity index (χ4v) is 3.62. The Morgan fingerprint density at radius 1 is 1.27 bits per heavy atom. The zero-order valence-corrected chi connectivity index (χ0v) is 14.3. The molecule has 1 saturated heterocycles. The normalized spacial score (nSPS) is 18.4. The van der Waals surface area contributed by atoms with E-state index in [0.717, 1.165) is 0 Å². The molecule has 1 N–H and O–H groups in total. The summed E-state index contributed by atoms with van der Waals surface area (Å²) < 4.78 is 61.3. The highest BCUT2D eigenvalue weighted by molar-refractivity contribution is 7.90. The van der Waals surface area contributed by atoms with Crippen LogP contribution in [0.1, 0.15) is 23.2 Å². The molecule has 0 bridgehead atoms. The van der Waals surface area contributed by atoms with E-state index in [1.165, 1.54) is 11.1 Å². The molecule has 2 aromatic rings. The lowest BCUT2D eigenvalue weighted by molar-refractivity contribution is -0.0448. The second-order valence-corrected chi connectivity index (χ2v) is 7.73. The maximum atomic E-state index is 12.9. The van der Waals surface area contributed by atoms with Crippen LogP contribution in [0.2, 0.25) is 0 Å². The maximum absolute atomic E-state index is 12.9. The van der Waals surface area contributed by atoms with Crippen LogP contribution in [0, 0.1) is 0 Å². The van der Waals surface area contributed by atoms with Crippen LogP contribution in [0.15, 0.2) is 36.5 Å². The summed E-state index contributed by atoms with van der Waals surface area (Å²) in [5.41, 5.74) is -4.35. The van der Waals surface area contributed by atoms with E-state index in [9.17, 15) is 26.4 Å². The Labute approximate surface area is 148 Å². The monoisotopic (exact) mass is 387 g/mol. The number of benzene rings is 1. The molecule has 0 radical (unpaired) electrons. The standard InChI is InChI=1S/C16H16F3N3O3S/c17-16(18,19)26(24,25)21-10-11-4-3-9-22(11)15(23)13-7-8-20-14-6-2-1-5-12(13)14/h1-2,5-8,11,21H,3-4,9-10H2. The number of amides is 1. The number of para-hydroxylation sites is 1. The van der Waals surface area contributed by atoms with E-state index < -0.39 is 28.1 Å². The van der Waals surface area contributed by atoms with Crippen LogP contribution in [-0.4, -0.2) is 48.8 Å². The van der Waals surface area contributed by atoms with Gasteiger partial charge in [0.25, 0.3) is 5.91 Å². The fraction of sp³-hybridized carbons (Fsp3) is 0.375. The van der Waals surface area contributed by atoms with Gasteiger partial charge in [-0.2, -0.15) is 13.2 Å². The number of nitrogens with one attached hydrogen (secondary N) is 1. The lowest BCUT2D eigenvalue weighted by Gasteiger charge is -2.25. The van der Waals surface area contributed by atoms with Gasteiger partial charge < -0.3 is 4.90 Å². The smallest absolute Gasteiger partial charge is 0.334 e. The lowest BCUT2D eigenvalue weighted by atomic mass is 10.1. The molecule has 3 rings (SSSR count). The first-order valence-electron chi connectivity index (χ1n) is 7.91. The zero-order valence-electron chi connectivity index (χ0n) is 13.5. The van der Waals surface area contributed by atoms with Gasteiger partial charge in [0.15, 0.2) is 0 Å². The summed E-state index contributed by atoms with van der Waals surface area (Å²) in [6, 6.07) is 7.97. The summed E-state index contributed by atoms with van der Waals surface area (Å²) in [6.07, 6.45) is 2.51. The number of rotatable bonds is 4. The number of likely N-dealkylation sites (tertiary alicyclic amines) is 1. The van der Waals surface area contributed by atoms with Gasteiger partial charge in [-0.3, -0.25) is 9.78 Å². The van der Waals surface area contributed by atoms with Crippen LogP contribution < -0.4 is 4.72 Å². The minimum atomic E-state index is -5.43. The Bertz CT molecular complexity index is 926. The molecule has 1 aromatic carbocycles. The van der Waals surface area contributed by atoms with Gasteiger partial charge in [0.2, 0.25) is 0 Å². The van der Waals surface area contributed by atoms with Crippen LogP contribution in [0.25, 0.3) is 10.9 Å². The van der Waals surface area contributed by atoms with E-state index in [1.807, 2.05) is 0 Å². The maximum Gasteiger partial charge on any atom is 0.511 e. The third-order valence-corrected chi connectivity index (χ3v) is 5.49. The van der Waals surface area contributed by atoms with E-state index in [4.69, 9.17) is 0 Å². The third-order valence-electron chi connectivity index (χ3n) is 4.33.